The zero-order chi connectivity index (χ0) is 30.6. The van der Waals surface area contributed by atoms with E-state index in [0.717, 1.165) is 70.9 Å². The van der Waals surface area contributed by atoms with E-state index in [1.165, 1.54) is 32.4 Å². The molecular weight excluding hydrogens is 533 g/mol. The first-order valence-corrected chi connectivity index (χ1v) is 16.2. The van der Waals surface area contributed by atoms with E-state index in [-0.39, 0.29) is 12.6 Å². The van der Waals surface area contributed by atoms with Crippen LogP contribution in [-0.4, -0.2) is 76.6 Å². The van der Waals surface area contributed by atoms with Crippen molar-refractivity contribution in [1.82, 2.24) is 24.8 Å². The normalized spacial score (nSPS) is 15.2. The molecule has 4 aromatic rings. The van der Waals surface area contributed by atoms with Crippen LogP contribution in [0.4, 0.5) is 5.69 Å². The van der Waals surface area contributed by atoms with E-state index in [1.54, 1.807) is 6.20 Å². The number of likely N-dealkylation sites (tertiary alicyclic amines) is 1. The van der Waals surface area contributed by atoms with Gasteiger partial charge in [-0.1, -0.05) is 46.2 Å². The molecule has 1 amide bonds. The van der Waals surface area contributed by atoms with Gasteiger partial charge in [-0.3, -0.25) is 9.78 Å². The van der Waals surface area contributed by atoms with Gasteiger partial charge in [0, 0.05) is 65.5 Å². The predicted molar refractivity (Wildman–Crippen MR) is 180 cm³/mol. The molecule has 2 fully saturated rings. The number of carbonyl (C=O) groups excluding carboxylic acids is 1. The second kappa shape index (κ2) is 16.1. The van der Waals surface area contributed by atoms with Gasteiger partial charge in [-0.15, -0.1) is 0 Å². The SMILES string of the molecule is CC.CC.N#CB1CCN(C(=O)c2cc3ccc(-c4cc(NCCCN5CCCCC5)c5cnccc5n4)cc3[nH]2)CC1. The Labute approximate surface area is 257 Å². The highest BCUT2D eigenvalue weighted by molar-refractivity contribution is 6.67. The van der Waals surface area contributed by atoms with Crippen LogP contribution < -0.4 is 5.32 Å². The van der Waals surface area contributed by atoms with E-state index in [1.807, 2.05) is 57.0 Å². The van der Waals surface area contributed by atoms with Crippen molar-refractivity contribution in [3.8, 4) is 17.2 Å². The highest BCUT2D eigenvalue weighted by Crippen LogP contribution is 2.30. The Balaban J connectivity index is 0.00000102. The molecule has 0 radical (unpaired) electrons. The van der Waals surface area contributed by atoms with E-state index in [9.17, 15) is 4.79 Å². The summed E-state index contributed by atoms with van der Waals surface area (Å²) in [6, 6.07) is 12.2. The fourth-order valence-corrected chi connectivity index (χ4v) is 5.86. The van der Waals surface area contributed by atoms with E-state index in [2.05, 4.69) is 44.4 Å². The van der Waals surface area contributed by atoms with Crippen molar-refractivity contribution in [2.24, 2.45) is 0 Å². The number of nitrogens with one attached hydrogen (secondary N) is 2. The number of carbonyl (C=O) groups is 1. The number of amides is 1. The Hall–Kier alpha value is -3.90. The summed E-state index contributed by atoms with van der Waals surface area (Å²) in [5.74, 6) is 2.32. The molecule has 0 aliphatic carbocycles. The van der Waals surface area contributed by atoms with Gasteiger partial charge < -0.3 is 20.1 Å². The molecule has 8 nitrogen and oxygen atoms in total. The van der Waals surface area contributed by atoms with Crippen molar-refractivity contribution in [3.63, 3.8) is 0 Å². The van der Waals surface area contributed by atoms with Gasteiger partial charge in [0.1, 0.15) is 5.69 Å². The molecule has 2 aliphatic rings. The molecule has 2 saturated heterocycles. The summed E-state index contributed by atoms with van der Waals surface area (Å²) in [5, 5.41) is 14.8. The third-order valence-corrected chi connectivity index (χ3v) is 8.14. The van der Waals surface area contributed by atoms with Crippen LogP contribution >= 0.6 is 0 Å². The quantitative estimate of drug-likeness (QED) is 0.178. The van der Waals surface area contributed by atoms with Gasteiger partial charge in [0.2, 0.25) is 0 Å². The molecule has 0 saturated carbocycles. The molecule has 43 heavy (non-hydrogen) atoms. The Kier molecular flexibility index (Phi) is 12.0. The summed E-state index contributed by atoms with van der Waals surface area (Å²) in [7, 11) is 0. The van der Waals surface area contributed by atoms with Gasteiger partial charge >= 0.3 is 0 Å². The molecule has 6 rings (SSSR count). The first kappa shape index (κ1) is 32.0. The standard InChI is InChI=1S/C30H34BN7O.2C2H6/c32-21-31-8-15-38(16-9-31)30(39)29-18-23-6-5-22(17-26(23)36-29)27-19-28(24-20-33-11-7-25(24)35-27)34-10-4-14-37-12-2-1-3-13-37;2*1-2/h5-7,11,17-20,36H,1-4,8-10,12-16H2,(H,34,35);2*1-2H3. The molecule has 226 valence electrons. The number of benzene rings is 1. The van der Waals surface area contributed by atoms with Crippen molar-refractivity contribution in [2.45, 2.75) is 66.0 Å². The summed E-state index contributed by atoms with van der Waals surface area (Å²) < 4.78 is 0. The van der Waals surface area contributed by atoms with Crippen LogP contribution in [0.25, 0.3) is 33.1 Å². The van der Waals surface area contributed by atoms with Crippen LogP contribution in [0.15, 0.2) is 48.8 Å². The number of nitrogens with zero attached hydrogens (tertiary/aromatic N) is 5. The first-order chi connectivity index (χ1) is 21.2. The van der Waals surface area contributed by atoms with Crippen LogP contribution in [0, 0.1) is 11.2 Å². The lowest BCUT2D eigenvalue weighted by Gasteiger charge is -2.27. The molecule has 0 bridgehead atoms. The largest absolute Gasteiger partial charge is 0.384 e. The van der Waals surface area contributed by atoms with Crippen LogP contribution in [-0.2, 0) is 0 Å². The highest BCUT2D eigenvalue weighted by atomic mass is 16.2. The minimum Gasteiger partial charge on any atom is -0.384 e. The number of fused-ring (bicyclic) bond motifs is 2. The van der Waals surface area contributed by atoms with Gasteiger partial charge in [0.15, 0.2) is 0 Å². The van der Waals surface area contributed by atoms with Crippen molar-refractivity contribution < 1.29 is 4.79 Å². The minimum atomic E-state index is -0.00323. The Morgan fingerprint density at radius 2 is 1.79 bits per heavy atom. The van der Waals surface area contributed by atoms with Gasteiger partial charge in [0.25, 0.3) is 12.6 Å². The second-order valence-corrected chi connectivity index (χ2v) is 10.8. The predicted octanol–water partition coefficient (Wildman–Crippen LogP) is 7.13. The number of hydrogen-bond acceptors (Lipinski definition) is 6. The summed E-state index contributed by atoms with van der Waals surface area (Å²) in [6.45, 7) is 13.8. The fourth-order valence-electron chi connectivity index (χ4n) is 5.86. The molecule has 3 aromatic heterocycles. The summed E-state index contributed by atoms with van der Waals surface area (Å²) in [6.07, 6.45) is 10.2. The third-order valence-electron chi connectivity index (χ3n) is 8.14. The topological polar surface area (TPSA) is 101 Å². The van der Waals surface area contributed by atoms with Gasteiger partial charge in [-0.05, 0) is 75.8 Å². The van der Waals surface area contributed by atoms with Crippen LogP contribution in [0.2, 0.25) is 12.6 Å². The maximum atomic E-state index is 13.1. The molecular formula is C34H46BN7O. The highest BCUT2D eigenvalue weighted by Gasteiger charge is 2.27. The zero-order valence-electron chi connectivity index (χ0n) is 26.3. The average molecular weight is 580 g/mol. The lowest BCUT2D eigenvalue weighted by atomic mass is 9.45. The monoisotopic (exact) mass is 579 g/mol. The van der Waals surface area contributed by atoms with Crippen LogP contribution in [0.1, 0.15) is 63.9 Å². The number of aromatic amines is 1. The summed E-state index contributed by atoms with van der Waals surface area (Å²) in [4.78, 5) is 30.2. The number of hydrogen-bond donors (Lipinski definition) is 2. The first-order valence-electron chi connectivity index (χ1n) is 16.2. The number of piperidine rings is 1. The Morgan fingerprint density at radius 1 is 1.02 bits per heavy atom. The lowest BCUT2D eigenvalue weighted by Crippen LogP contribution is -2.40. The average Bonchev–Trinajstić information content (AvgIpc) is 3.52. The van der Waals surface area contributed by atoms with E-state index in [0.29, 0.717) is 18.8 Å². The number of nitriles is 1. The number of rotatable bonds is 7. The molecule has 0 atom stereocenters. The van der Waals surface area contributed by atoms with E-state index < -0.39 is 0 Å². The Bertz CT molecular complexity index is 1510. The van der Waals surface area contributed by atoms with Crippen molar-refractivity contribution in [3.05, 3.63) is 54.5 Å². The zero-order valence-corrected chi connectivity index (χ0v) is 26.3. The smallest absolute Gasteiger partial charge is 0.271 e. The van der Waals surface area contributed by atoms with Crippen molar-refractivity contribution >= 4 is 40.1 Å². The van der Waals surface area contributed by atoms with Crippen LogP contribution in [0.3, 0.4) is 0 Å². The van der Waals surface area contributed by atoms with Crippen LogP contribution in [0.5, 0.6) is 0 Å². The molecule has 9 heteroatoms. The van der Waals surface area contributed by atoms with Crippen molar-refractivity contribution in [1.29, 1.82) is 5.26 Å². The van der Waals surface area contributed by atoms with Gasteiger partial charge in [-0.25, -0.2) is 10.2 Å². The Morgan fingerprint density at radius 3 is 2.53 bits per heavy atom. The van der Waals surface area contributed by atoms with E-state index in [4.69, 9.17) is 10.2 Å². The lowest BCUT2D eigenvalue weighted by molar-refractivity contribution is 0.0761. The number of H-pyrrole nitrogens is 1. The fraction of sp³-hybridized carbons (Fsp3) is 0.471. The number of aromatic nitrogens is 3. The molecule has 5 heterocycles. The minimum absolute atomic E-state index is 0.00323. The molecule has 2 N–H and O–H groups in total. The summed E-state index contributed by atoms with van der Waals surface area (Å²) in [5.41, 5.74) is 5.33. The molecule has 0 spiro atoms. The van der Waals surface area contributed by atoms with Gasteiger partial charge in [0.05, 0.1) is 11.2 Å². The van der Waals surface area contributed by atoms with Gasteiger partial charge in [-0.2, -0.15) is 0 Å². The maximum absolute atomic E-state index is 13.1. The number of anilines is 1. The molecule has 1 aromatic carbocycles. The maximum Gasteiger partial charge on any atom is 0.271 e. The third kappa shape index (κ3) is 7.94. The molecule has 2 aliphatic heterocycles. The van der Waals surface area contributed by atoms with Crippen molar-refractivity contribution in [2.75, 3.05) is 44.6 Å². The number of pyridine rings is 2. The summed E-state index contributed by atoms with van der Waals surface area (Å²) >= 11 is 0. The second-order valence-electron chi connectivity index (χ2n) is 10.8. The van der Waals surface area contributed by atoms with E-state index >= 15 is 0 Å². The molecule has 0 unspecified atom stereocenters.